The predicted octanol–water partition coefficient (Wildman–Crippen LogP) is 3.63. The number of aliphatic hydroxyl groups excluding tert-OH is 1. The van der Waals surface area contributed by atoms with Crippen LogP contribution in [0.25, 0.3) is 0 Å². The van der Waals surface area contributed by atoms with Gasteiger partial charge in [0, 0.05) is 17.9 Å². The van der Waals surface area contributed by atoms with Gasteiger partial charge in [0.15, 0.2) is 0 Å². The lowest BCUT2D eigenvalue weighted by molar-refractivity contribution is -0.131. The first-order valence-electron chi connectivity index (χ1n) is 8.59. The summed E-state index contributed by atoms with van der Waals surface area (Å²) in [7, 11) is 0. The number of carbonyl (C=O) groups excluding carboxylic acids is 1. The number of rotatable bonds is 7. The van der Waals surface area contributed by atoms with Crippen molar-refractivity contribution in [2.75, 3.05) is 6.54 Å². The smallest absolute Gasteiger partial charge is 0.226 e. The normalized spacial score (nSPS) is 19.6. The maximum atomic E-state index is 12.6. The van der Waals surface area contributed by atoms with E-state index in [1.165, 1.54) is 5.56 Å². The van der Waals surface area contributed by atoms with E-state index in [-0.39, 0.29) is 23.3 Å². The highest BCUT2D eigenvalue weighted by molar-refractivity contribution is 5.82. The molecule has 2 unspecified atom stereocenters. The molecule has 1 fully saturated rings. The van der Waals surface area contributed by atoms with Crippen LogP contribution >= 0.6 is 0 Å². The molecule has 1 saturated carbocycles. The first kappa shape index (κ1) is 17.0. The van der Waals surface area contributed by atoms with Gasteiger partial charge in [-0.1, -0.05) is 50.1 Å². The SMILES string of the molecule is CCC1(C(=O)NCC(CC(C)O)c2ccccc2)CCCC1. The number of hydrogen-bond acceptors (Lipinski definition) is 2. The Balaban J connectivity index is 2.00. The van der Waals surface area contributed by atoms with Crippen molar-refractivity contribution in [1.82, 2.24) is 5.32 Å². The second kappa shape index (κ2) is 7.77. The van der Waals surface area contributed by atoms with Crippen LogP contribution in [0.15, 0.2) is 30.3 Å². The van der Waals surface area contributed by atoms with Crippen LogP contribution in [0.1, 0.15) is 63.9 Å². The van der Waals surface area contributed by atoms with Gasteiger partial charge < -0.3 is 10.4 Å². The Morgan fingerprint density at radius 3 is 2.45 bits per heavy atom. The largest absolute Gasteiger partial charge is 0.393 e. The van der Waals surface area contributed by atoms with Gasteiger partial charge in [0.05, 0.1) is 6.10 Å². The quantitative estimate of drug-likeness (QED) is 0.808. The monoisotopic (exact) mass is 303 g/mol. The average molecular weight is 303 g/mol. The zero-order chi connectivity index (χ0) is 16.0. The average Bonchev–Trinajstić information content (AvgIpc) is 3.02. The molecule has 2 N–H and O–H groups in total. The number of amides is 1. The fourth-order valence-electron chi connectivity index (χ4n) is 3.67. The molecule has 3 heteroatoms. The van der Waals surface area contributed by atoms with Crippen LogP contribution in [-0.2, 0) is 4.79 Å². The van der Waals surface area contributed by atoms with Crippen LogP contribution in [0, 0.1) is 5.41 Å². The van der Waals surface area contributed by atoms with E-state index >= 15 is 0 Å². The molecule has 1 amide bonds. The molecular weight excluding hydrogens is 274 g/mol. The van der Waals surface area contributed by atoms with Crippen molar-refractivity contribution in [2.45, 2.75) is 64.4 Å². The van der Waals surface area contributed by atoms with Gasteiger partial charge in [-0.05, 0) is 38.2 Å². The van der Waals surface area contributed by atoms with Gasteiger partial charge in [-0.3, -0.25) is 4.79 Å². The van der Waals surface area contributed by atoms with Crippen molar-refractivity contribution in [1.29, 1.82) is 0 Å². The third-order valence-corrected chi connectivity index (χ3v) is 5.12. The fourth-order valence-corrected chi connectivity index (χ4v) is 3.67. The summed E-state index contributed by atoms with van der Waals surface area (Å²) in [6, 6.07) is 10.2. The fraction of sp³-hybridized carbons (Fsp3) is 0.632. The third kappa shape index (κ3) is 4.10. The summed E-state index contributed by atoms with van der Waals surface area (Å²) in [4.78, 5) is 12.6. The number of benzene rings is 1. The molecule has 1 aliphatic rings. The molecule has 122 valence electrons. The minimum atomic E-state index is -0.367. The number of hydrogen-bond donors (Lipinski definition) is 2. The first-order valence-corrected chi connectivity index (χ1v) is 8.59. The molecule has 3 nitrogen and oxygen atoms in total. The van der Waals surface area contributed by atoms with Gasteiger partial charge >= 0.3 is 0 Å². The standard InChI is InChI=1S/C19H29NO2/c1-3-19(11-7-8-12-19)18(22)20-14-17(13-15(2)21)16-9-5-4-6-10-16/h4-6,9-10,15,17,21H,3,7-8,11-14H2,1-2H3,(H,20,22). The summed E-state index contributed by atoms with van der Waals surface area (Å²) >= 11 is 0. The molecular formula is C19H29NO2. The summed E-state index contributed by atoms with van der Waals surface area (Å²) in [6.45, 7) is 4.53. The van der Waals surface area contributed by atoms with E-state index in [0.717, 1.165) is 32.1 Å². The summed E-state index contributed by atoms with van der Waals surface area (Å²) in [5, 5.41) is 12.9. The molecule has 2 rings (SSSR count). The minimum Gasteiger partial charge on any atom is -0.393 e. The van der Waals surface area contributed by atoms with Gasteiger partial charge in [0.1, 0.15) is 0 Å². The highest BCUT2D eigenvalue weighted by Crippen LogP contribution is 2.41. The second-order valence-corrected chi connectivity index (χ2v) is 6.74. The van der Waals surface area contributed by atoms with Crippen molar-refractivity contribution in [3.05, 3.63) is 35.9 Å². The van der Waals surface area contributed by atoms with Crippen molar-refractivity contribution in [3.8, 4) is 0 Å². The number of nitrogens with one attached hydrogen (secondary N) is 1. The Bertz CT molecular complexity index is 464. The van der Waals surface area contributed by atoms with Crippen molar-refractivity contribution < 1.29 is 9.90 Å². The van der Waals surface area contributed by atoms with E-state index in [4.69, 9.17) is 0 Å². The molecule has 0 aliphatic heterocycles. The zero-order valence-electron chi connectivity index (χ0n) is 13.8. The lowest BCUT2D eigenvalue weighted by atomic mass is 9.82. The molecule has 0 bridgehead atoms. The zero-order valence-corrected chi connectivity index (χ0v) is 13.8. The summed E-state index contributed by atoms with van der Waals surface area (Å²) in [5.74, 6) is 0.375. The van der Waals surface area contributed by atoms with E-state index in [0.29, 0.717) is 13.0 Å². The summed E-state index contributed by atoms with van der Waals surface area (Å²) < 4.78 is 0. The Morgan fingerprint density at radius 1 is 1.27 bits per heavy atom. The van der Waals surface area contributed by atoms with E-state index in [9.17, 15) is 9.90 Å². The highest BCUT2D eigenvalue weighted by atomic mass is 16.3. The number of aliphatic hydroxyl groups is 1. The van der Waals surface area contributed by atoms with Gasteiger partial charge in [-0.15, -0.1) is 0 Å². The summed E-state index contributed by atoms with van der Waals surface area (Å²) in [5.41, 5.74) is 1.03. The molecule has 1 aliphatic carbocycles. The molecule has 22 heavy (non-hydrogen) atoms. The molecule has 0 saturated heterocycles. The van der Waals surface area contributed by atoms with Crippen LogP contribution in [0.4, 0.5) is 0 Å². The van der Waals surface area contributed by atoms with Crippen LogP contribution in [0.2, 0.25) is 0 Å². The summed E-state index contributed by atoms with van der Waals surface area (Å²) in [6.07, 6.45) is 5.58. The molecule has 0 spiro atoms. The first-order chi connectivity index (χ1) is 10.6. The van der Waals surface area contributed by atoms with Crippen LogP contribution in [-0.4, -0.2) is 23.7 Å². The van der Waals surface area contributed by atoms with Crippen molar-refractivity contribution in [3.63, 3.8) is 0 Å². The topological polar surface area (TPSA) is 49.3 Å². The third-order valence-electron chi connectivity index (χ3n) is 5.12. The molecule has 2 atom stereocenters. The lowest BCUT2D eigenvalue weighted by Gasteiger charge is -2.28. The highest BCUT2D eigenvalue weighted by Gasteiger charge is 2.39. The van der Waals surface area contributed by atoms with Crippen LogP contribution in [0.3, 0.4) is 0 Å². The maximum absolute atomic E-state index is 12.6. The Morgan fingerprint density at radius 2 is 1.91 bits per heavy atom. The Labute approximate surface area is 134 Å². The van der Waals surface area contributed by atoms with Gasteiger partial charge in [0.25, 0.3) is 0 Å². The second-order valence-electron chi connectivity index (χ2n) is 6.74. The van der Waals surface area contributed by atoms with Crippen LogP contribution < -0.4 is 5.32 Å². The molecule has 0 heterocycles. The minimum absolute atomic E-state index is 0.147. The molecule has 1 aromatic rings. The van der Waals surface area contributed by atoms with E-state index in [2.05, 4.69) is 24.4 Å². The number of carbonyl (C=O) groups is 1. The van der Waals surface area contributed by atoms with E-state index in [1.54, 1.807) is 0 Å². The lowest BCUT2D eigenvalue weighted by Crippen LogP contribution is -2.41. The van der Waals surface area contributed by atoms with Crippen molar-refractivity contribution in [2.24, 2.45) is 5.41 Å². The van der Waals surface area contributed by atoms with Gasteiger partial charge in [-0.2, -0.15) is 0 Å². The molecule has 0 aromatic heterocycles. The van der Waals surface area contributed by atoms with Crippen molar-refractivity contribution >= 4 is 5.91 Å². The maximum Gasteiger partial charge on any atom is 0.226 e. The van der Waals surface area contributed by atoms with Crippen LogP contribution in [0.5, 0.6) is 0 Å². The Kier molecular flexibility index (Phi) is 6.01. The predicted molar refractivity (Wildman–Crippen MR) is 89.7 cm³/mol. The van der Waals surface area contributed by atoms with Gasteiger partial charge in [0.2, 0.25) is 5.91 Å². The molecule has 1 aromatic carbocycles. The van der Waals surface area contributed by atoms with E-state index in [1.807, 2.05) is 25.1 Å². The molecule has 0 radical (unpaired) electrons. The van der Waals surface area contributed by atoms with Gasteiger partial charge in [-0.25, -0.2) is 0 Å². The van der Waals surface area contributed by atoms with E-state index < -0.39 is 0 Å². The Hall–Kier alpha value is -1.35.